The van der Waals surface area contributed by atoms with Gasteiger partial charge < -0.3 is 19.8 Å². The predicted molar refractivity (Wildman–Crippen MR) is 93.5 cm³/mol. The Hall–Kier alpha value is -2.47. The van der Waals surface area contributed by atoms with Gasteiger partial charge in [-0.05, 0) is 37.1 Å². The van der Waals surface area contributed by atoms with E-state index < -0.39 is 0 Å². The number of nitrogens with one attached hydrogen (secondary N) is 2. The predicted octanol–water partition coefficient (Wildman–Crippen LogP) is 3.14. The van der Waals surface area contributed by atoms with Gasteiger partial charge >= 0.3 is 0 Å². The minimum Gasteiger partial charge on any atom is -0.495 e. The highest BCUT2D eigenvalue weighted by molar-refractivity contribution is 6.31. The van der Waals surface area contributed by atoms with Crippen molar-refractivity contribution in [2.75, 3.05) is 12.4 Å². The van der Waals surface area contributed by atoms with Crippen LogP contribution in [0.3, 0.4) is 0 Å². The van der Waals surface area contributed by atoms with Gasteiger partial charge in [0.2, 0.25) is 11.8 Å². The Bertz CT molecular complexity index is 789. The van der Waals surface area contributed by atoms with Gasteiger partial charge in [0.1, 0.15) is 11.5 Å². The molecule has 0 saturated heterocycles. The third-order valence-corrected chi connectivity index (χ3v) is 4.63. The first kappa shape index (κ1) is 17.4. The Labute approximate surface area is 150 Å². The van der Waals surface area contributed by atoms with Crippen LogP contribution in [0, 0.1) is 18.8 Å². The summed E-state index contributed by atoms with van der Waals surface area (Å²) >= 11 is 6.06. The Kier molecular flexibility index (Phi) is 4.99. The van der Waals surface area contributed by atoms with E-state index in [1.807, 2.05) is 6.92 Å². The molecule has 1 saturated carbocycles. The van der Waals surface area contributed by atoms with Crippen LogP contribution >= 0.6 is 11.6 Å². The lowest BCUT2D eigenvalue weighted by Gasteiger charge is -2.12. The molecule has 2 aromatic rings. The standard InChI is InChI=1S/C18H19ClN2O4/c1-10-6-15(16(24-2)8-14(10)19)21-18(23)13-7-12(13)17(22)20-9-11-4-3-5-25-11/h3-6,8,12-13H,7,9H2,1-2H3,(H,20,22)(H,21,23). The lowest BCUT2D eigenvalue weighted by Crippen LogP contribution is -2.27. The molecule has 25 heavy (non-hydrogen) atoms. The second kappa shape index (κ2) is 7.19. The second-order valence-electron chi connectivity index (χ2n) is 6.04. The number of ether oxygens (including phenoxy) is 1. The number of halogens is 1. The number of rotatable bonds is 6. The highest BCUT2D eigenvalue weighted by Crippen LogP contribution is 2.40. The van der Waals surface area contributed by atoms with E-state index in [0.29, 0.717) is 35.2 Å². The molecule has 1 aliphatic rings. The average molecular weight is 363 g/mol. The lowest BCUT2D eigenvalue weighted by molar-refractivity contribution is -0.125. The summed E-state index contributed by atoms with van der Waals surface area (Å²) < 4.78 is 10.4. The fourth-order valence-corrected chi connectivity index (χ4v) is 2.80. The fourth-order valence-electron chi connectivity index (χ4n) is 2.65. The number of carbonyl (C=O) groups excluding carboxylic acids is 2. The van der Waals surface area contributed by atoms with Gasteiger partial charge in [-0.25, -0.2) is 0 Å². The third-order valence-electron chi connectivity index (χ3n) is 4.22. The molecule has 0 spiro atoms. The van der Waals surface area contributed by atoms with Crippen molar-refractivity contribution in [2.45, 2.75) is 19.9 Å². The van der Waals surface area contributed by atoms with E-state index in [-0.39, 0.29) is 23.7 Å². The molecule has 3 rings (SSSR count). The molecule has 1 aromatic heterocycles. The van der Waals surface area contributed by atoms with Gasteiger partial charge in [-0.1, -0.05) is 11.6 Å². The number of carbonyl (C=O) groups is 2. The van der Waals surface area contributed by atoms with E-state index in [1.165, 1.54) is 7.11 Å². The number of benzene rings is 1. The summed E-state index contributed by atoms with van der Waals surface area (Å²) in [4.78, 5) is 24.5. The number of amides is 2. The van der Waals surface area contributed by atoms with E-state index in [4.69, 9.17) is 20.8 Å². The molecule has 2 N–H and O–H groups in total. The maximum atomic E-state index is 12.4. The summed E-state index contributed by atoms with van der Waals surface area (Å²) in [5.41, 5.74) is 1.39. The Balaban J connectivity index is 1.56. The van der Waals surface area contributed by atoms with Gasteiger partial charge in [0, 0.05) is 11.1 Å². The van der Waals surface area contributed by atoms with Crippen LogP contribution in [0.15, 0.2) is 34.9 Å². The molecule has 2 amide bonds. The minimum absolute atomic E-state index is 0.143. The van der Waals surface area contributed by atoms with Crippen LogP contribution in [0.25, 0.3) is 0 Å². The number of anilines is 1. The maximum Gasteiger partial charge on any atom is 0.228 e. The topological polar surface area (TPSA) is 80.6 Å². The van der Waals surface area contributed by atoms with E-state index in [9.17, 15) is 9.59 Å². The first-order valence-electron chi connectivity index (χ1n) is 7.94. The maximum absolute atomic E-state index is 12.4. The van der Waals surface area contributed by atoms with Gasteiger partial charge in [0.25, 0.3) is 0 Å². The summed E-state index contributed by atoms with van der Waals surface area (Å²) in [7, 11) is 1.51. The van der Waals surface area contributed by atoms with Crippen molar-refractivity contribution >= 4 is 29.1 Å². The van der Waals surface area contributed by atoms with Crippen LogP contribution in [0.5, 0.6) is 5.75 Å². The van der Waals surface area contributed by atoms with E-state index in [1.54, 1.807) is 30.5 Å². The first-order chi connectivity index (χ1) is 12.0. The summed E-state index contributed by atoms with van der Waals surface area (Å²) in [6, 6.07) is 6.96. The molecular weight excluding hydrogens is 344 g/mol. The van der Waals surface area contributed by atoms with Crippen molar-refractivity contribution in [3.8, 4) is 5.75 Å². The molecular formula is C18H19ClN2O4. The number of aryl methyl sites for hydroxylation is 1. The zero-order chi connectivity index (χ0) is 18.0. The molecule has 7 heteroatoms. The van der Waals surface area contributed by atoms with Crippen molar-refractivity contribution in [1.82, 2.24) is 5.32 Å². The van der Waals surface area contributed by atoms with Gasteiger partial charge in [0.15, 0.2) is 0 Å². The molecule has 0 bridgehead atoms. The van der Waals surface area contributed by atoms with Crippen LogP contribution in [-0.2, 0) is 16.1 Å². The second-order valence-corrected chi connectivity index (χ2v) is 6.44. The summed E-state index contributed by atoms with van der Waals surface area (Å²) in [6.45, 7) is 2.17. The zero-order valence-electron chi connectivity index (χ0n) is 14.0. The summed E-state index contributed by atoms with van der Waals surface area (Å²) in [6.07, 6.45) is 2.08. The van der Waals surface area contributed by atoms with Crippen LogP contribution in [-0.4, -0.2) is 18.9 Å². The monoisotopic (exact) mass is 362 g/mol. The minimum atomic E-state index is -0.336. The third kappa shape index (κ3) is 3.96. The van der Waals surface area contributed by atoms with E-state index >= 15 is 0 Å². The van der Waals surface area contributed by atoms with Crippen LogP contribution < -0.4 is 15.4 Å². The van der Waals surface area contributed by atoms with Gasteiger partial charge in [-0.2, -0.15) is 0 Å². The first-order valence-corrected chi connectivity index (χ1v) is 8.32. The molecule has 2 unspecified atom stereocenters. The average Bonchev–Trinajstić information content (AvgIpc) is 3.23. The number of methoxy groups -OCH3 is 1. The Morgan fingerprint density at radius 3 is 2.76 bits per heavy atom. The number of furan rings is 1. The fraction of sp³-hybridized carbons (Fsp3) is 0.333. The molecule has 1 fully saturated rings. The van der Waals surface area contributed by atoms with E-state index in [2.05, 4.69) is 10.6 Å². The van der Waals surface area contributed by atoms with Crippen molar-refractivity contribution in [3.63, 3.8) is 0 Å². The molecule has 1 heterocycles. The number of hydrogen-bond donors (Lipinski definition) is 2. The Morgan fingerprint density at radius 1 is 1.32 bits per heavy atom. The molecule has 2 atom stereocenters. The quantitative estimate of drug-likeness (QED) is 0.827. The highest BCUT2D eigenvalue weighted by Gasteiger charge is 2.48. The normalized spacial score (nSPS) is 18.5. The van der Waals surface area contributed by atoms with Crippen molar-refractivity contribution in [1.29, 1.82) is 0 Å². The molecule has 0 radical (unpaired) electrons. The lowest BCUT2D eigenvalue weighted by atomic mass is 10.2. The smallest absolute Gasteiger partial charge is 0.228 e. The molecule has 1 aromatic carbocycles. The van der Waals surface area contributed by atoms with Crippen LogP contribution in [0.4, 0.5) is 5.69 Å². The van der Waals surface area contributed by atoms with Gasteiger partial charge in [-0.15, -0.1) is 0 Å². The summed E-state index contributed by atoms with van der Waals surface area (Å²) in [5.74, 6) is 0.181. The van der Waals surface area contributed by atoms with Crippen molar-refractivity contribution in [2.24, 2.45) is 11.8 Å². The molecule has 132 valence electrons. The van der Waals surface area contributed by atoms with Crippen LogP contribution in [0.2, 0.25) is 5.02 Å². The largest absolute Gasteiger partial charge is 0.495 e. The van der Waals surface area contributed by atoms with Crippen molar-refractivity contribution < 1.29 is 18.7 Å². The van der Waals surface area contributed by atoms with Crippen LogP contribution in [0.1, 0.15) is 17.7 Å². The van der Waals surface area contributed by atoms with E-state index in [0.717, 1.165) is 5.56 Å². The number of hydrogen-bond acceptors (Lipinski definition) is 4. The Morgan fingerprint density at radius 2 is 2.08 bits per heavy atom. The SMILES string of the molecule is COc1cc(Cl)c(C)cc1NC(=O)C1CC1C(=O)NCc1ccco1. The zero-order valence-corrected chi connectivity index (χ0v) is 14.7. The molecule has 6 nitrogen and oxygen atoms in total. The molecule has 0 aliphatic heterocycles. The molecule has 1 aliphatic carbocycles. The van der Waals surface area contributed by atoms with Gasteiger partial charge in [0.05, 0.1) is 37.4 Å². The summed E-state index contributed by atoms with van der Waals surface area (Å²) in [5, 5.41) is 6.17. The van der Waals surface area contributed by atoms with Crippen molar-refractivity contribution in [3.05, 3.63) is 46.9 Å². The highest BCUT2D eigenvalue weighted by atomic mass is 35.5. The van der Waals surface area contributed by atoms with Gasteiger partial charge in [-0.3, -0.25) is 9.59 Å².